The number of nitrogens with one attached hydrogen (secondary N) is 2. The molecule has 0 spiro atoms. The van der Waals surface area contributed by atoms with E-state index in [-0.39, 0.29) is 23.1 Å². The van der Waals surface area contributed by atoms with E-state index >= 15 is 0 Å². The fourth-order valence-corrected chi connectivity index (χ4v) is 2.92. The molecule has 1 fully saturated rings. The van der Waals surface area contributed by atoms with Gasteiger partial charge in [-0.2, -0.15) is 0 Å². The van der Waals surface area contributed by atoms with E-state index in [1.54, 1.807) is 31.3 Å². The molecular formula is C18H24N2O2. The fraction of sp³-hybridized carbons (Fsp3) is 0.444. The molecule has 2 amide bonds. The predicted octanol–water partition coefficient (Wildman–Crippen LogP) is 3.22. The maximum Gasteiger partial charge on any atom is 0.251 e. The van der Waals surface area contributed by atoms with Crippen LogP contribution >= 0.6 is 0 Å². The monoisotopic (exact) mass is 300 g/mol. The van der Waals surface area contributed by atoms with Gasteiger partial charge in [0.1, 0.15) is 0 Å². The average Bonchev–Trinajstić information content (AvgIpc) is 2.99. The fourth-order valence-electron chi connectivity index (χ4n) is 2.92. The number of anilines is 1. The van der Waals surface area contributed by atoms with Crippen molar-refractivity contribution >= 4 is 17.5 Å². The minimum absolute atomic E-state index is 0.000942. The summed E-state index contributed by atoms with van der Waals surface area (Å²) in [6, 6.07) is 6.93. The third kappa shape index (κ3) is 3.21. The Morgan fingerprint density at radius 3 is 2.23 bits per heavy atom. The highest BCUT2D eigenvalue weighted by atomic mass is 16.2. The van der Waals surface area contributed by atoms with Crippen LogP contribution in [0.2, 0.25) is 0 Å². The molecule has 22 heavy (non-hydrogen) atoms. The second kappa shape index (κ2) is 5.95. The van der Waals surface area contributed by atoms with Gasteiger partial charge >= 0.3 is 0 Å². The molecule has 1 aliphatic rings. The molecule has 0 saturated heterocycles. The second-order valence-electron chi connectivity index (χ2n) is 6.71. The Hall–Kier alpha value is -2.10. The molecule has 2 unspecified atom stereocenters. The summed E-state index contributed by atoms with van der Waals surface area (Å²) >= 11 is 0. The van der Waals surface area contributed by atoms with E-state index in [1.165, 1.54) is 5.57 Å². The molecule has 1 aliphatic carbocycles. The highest BCUT2D eigenvalue weighted by Gasteiger charge is 2.60. The first kappa shape index (κ1) is 16.3. The first-order valence-corrected chi connectivity index (χ1v) is 7.55. The number of rotatable bonds is 4. The Morgan fingerprint density at radius 1 is 1.14 bits per heavy atom. The molecule has 1 aromatic rings. The van der Waals surface area contributed by atoms with E-state index < -0.39 is 0 Å². The number of carbonyl (C=O) groups excluding carboxylic acids is 2. The third-order valence-corrected chi connectivity index (χ3v) is 4.35. The topological polar surface area (TPSA) is 58.2 Å². The van der Waals surface area contributed by atoms with Gasteiger partial charge in [0.25, 0.3) is 5.91 Å². The second-order valence-corrected chi connectivity index (χ2v) is 6.71. The summed E-state index contributed by atoms with van der Waals surface area (Å²) in [6.45, 7) is 8.35. The van der Waals surface area contributed by atoms with Gasteiger partial charge in [-0.1, -0.05) is 25.5 Å². The number of amides is 2. The first-order valence-electron chi connectivity index (χ1n) is 7.55. The Balaban J connectivity index is 2.04. The van der Waals surface area contributed by atoms with E-state index in [2.05, 4.69) is 44.4 Å². The number of allylic oxidation sites excluding steroid dienone is 2. The van der Waals surface area contributed by atoms with E-state index in [0.717, 1.165) is 5.69 Å². The summed E-state index contributed by atoms with van der Waals surface area (Å²) in [7, 11) is 1.59. The van der Waals surface area contributed by atoms with Gasteiger partial charge in [0.05, 0.1) is 5.92 Å². The van der Waals surface area contributed by atoms with Gasteiger partial charge in [-0.25, -0.2) is 0 Å². The summed E-state index contributed by atoms with van der Waals surface area (Å²) < 4.78 is 0. The molecule has 0 aromatic heterocycles. The molecule has 0 bridgehead atoms. The zero-order valence-electron chi connectivity index (χ0n) is 13.9. The van der Waals surface area contributed by atoms with Crippen LogP contribution in [0.15, 0.2) is 35.9 Å². The van der Waals surface area contributed by atoms with Gasteiger partial charge < -0.3 is 10.6 Å². The molecule has 0 heterocycles. The highest BCUT2D eigenvalue weighted by molar-refractivity contribution is 5.97. The van der Waals surface area contributed by atoms with Gasteiger partial charge in [0.15, 0.2) is 0 Å². The third-order valence-electron chi connectivity index (χ3n) is 4.35. The van der Waals surface area contributed by atoms with Crippen LogP contribution in [0.1, 0.15) is 38.1 Å². The average molecular weight is 300 g/mol. The summed E-state index contributed by atoms with van der Waals surface area (Å²) in [5.74, 6) is 0.202. The number of carbonyl (C=O) groups is 2. The number of hydrogen-bond acceptors (Lipinski definition) is 2. The highest BCUT2D eigenvalue weighted by Crippen LogP contribution is 2.59. The molecule has 1 saturated carbocycles. The maximum absolute atomic E-state index is 12.4. The predicted molar refractivity (Wildman–Crippen MR) is 88.7 cm³/mol. The SMILES string of the molecule is CNC(=O)c1ccc(NC(=O)C2C(C=C(C)C)C2(C)C)cc1. The van der Waals surface area contributed by atoms with Crippen molar-refractivity contribution < 1.29 is 9.59 Å². The standard InChI is InChI=1S/C18H24N2O2/c1-11(2)10-14-15(18(14,3)4)17(22)20-13-8-6-12(7-9-13)16(21)19-5/h6-10,14-15H,1-5H3,(H,19,21)(H,20,22). The van der Waals surface area contributed by atoms with Crippen molar-refractivity contribution in [1.82, 2.24) is 5.32 Å². The number of hydrogen-bond donors (Lipinski definition) is 2. The van der Waals surface area contributed by atoms with Crippen molar-refractivity contribution in [2.75, 3.05) is 12.4 Å². The lowest BCUT2D eigenvalue weighted by Gasteiger charge is -2.07. The van der Waals surface area contributed by atoms with E-state index in [9.17, 15) is 9.59 Å². The minimum Gasteiger partial charge on any atom is -0.355 e. The lowest BCUT2D eigenvalue weighted by molar-refractivity contribution is -0.118. The lowest BCUT2D eigenvalue weighted by Crippen LogP contribution is -2.18. The maximum atomic E-state index is 12.4. The lowest BCUT2D eigenvalue weighted by atomic mass is 10.1. The van der Waals surface area contributed by atoms with Crippen LogP contribution in [0.5, 0.6) is 0 Å². The van der Waals surface area contributed by atoms with Crippen molar-refractivity contribution in [3.8, 4) is 0 Å². The van der Waals surface area contributed by atoms with Crippen LogP contribution in [0.4, 0.5) is 5.69 Å². The van der Waals surface area contributed by atoms with Crippen LogP contribution in [-0.2, 0) is 4.79 Å². The molecule has 118 valence electrons. The normalized spacial score (nSPS) is 21.7. The van der Waals surface area contributed by atoms with E-state index in [1.807, 2.05) is 0 Å². The van der Waals surface area contributed by atoms with Gasteiger partial charge in [-0.05, 0) is 49.4 Å². The Labute approximate surface area is 132 Å². The van der Waals surface area contributed by atoms with Crippen LogP contribution in [0.25, 0.3) is 0 Å². The molecule has 2 N–H and O–H groups in total. The van der Waals surface area contributed by atoms with Crippen LogP contribution in [-0.4, -0.2) is 18.9 Å². The summed E-state index contributed by atoms with van der Waals surface area (Å²) in [5.41, 5.74) is 2.54. The van der Waals surface area contributed by atoms with Crippen LogP contribution < -0.4 is 10.6 Å². The first-order chi connectivity index (χ1) is 10.3. The van der Waals surface area contributed by atoms with Crippen molar-refractivity contribution in [1.29, 1.82) is 0 Å². The smallest absolute Gasteiger partial charge is 0.251 e. The largest absolute Gasteiger partial charge is 0.355 e. The molecule has 4 nitrogen and oxygen atoms in total. The zero-order chi connectivity index (χ0) is 16.5. The van der Waals surface area contributed by atoms with Gasteiger partial charge in [-0.3, -0.25) is 9.59 Å². The summed E-state index contributed by atoms with van der Waals surface area (Å²) in [4.78, 5) is 23.9. The summed E-state index contributed by atoms with van der Waals surface area (Å²) in [6.07, 6.45) is 2.18. The van der Waals surface area contributed by atoms with Gasteiger partial charge in [-0.15, -0.1) is 0 Å². The quantitative estimate of drug-likeness (QED) is 0.839. The van der Waals surface area contributed by atoms with Crippen molar-refractivity contribution in [3.05, 3.63) is 41.5 Å². The van der Waals surface area contributed by atoms with Crippen molar-refractivity contribution in [2.24, 2.45) is 17.3 Å². The molecule has 4 heteroatoms. The van der Waals surface area contributed by atoms with Crippen molar-refractivity contribution in [2.45, 2.75) is 27.7 Å². The molecule has 1 aromatic carbocycles. The van der Waals surface area contributed by atoms with E-state index in [0.29, 0.717) is 11.5 Å². The Kier molecular flexibility index (Phi) is 4.40. The molecule has 0 radical (unpaired) electrons. The molecular weight excluding hydrogens is 276 g/mol. The van der Waals surface area contributed by atoms with Gasteiger partial charge in [0, 0.05) is 18.3 Å². The molecule has 2 atom stereocenters. The Bertz CT molecular complexity index is 610. The van der Waals surface area contributed by atoms with Gasteiger partial charge in [0.2, 0.25) is 5.91 Å². The van der Waals surface area contributed by atoms with Crippen molar-refractivity contribution in [3.63, 3.8) is 0 Å². The zero-order valence-corrected chi connectivity index (χ0v) is 13.9. The molecule has 0 aliphatic heterocycles. The molecule has 2 rings (SSSR count). The summed E-state index contributed by atoms with van der Waals surface area (Å²) in [5, 5.41) is 5.52. The van der Waals surface area contributed by atoms with Crippen LogP contribution in [0.3, 0.4) is 0 Å². The Morgan fingerprint density at radius 2 is 1.73 bits per heavy atom. The number of benzene rings is 1. The van der Waals surface area contributed by atoms with Crippen LogP contribution in [0, 0.1) is 17.3 Å². The van der Waals surface area contributed by atoms with E-state index in [4.69, 9.17) is 0 Å². The minimum atomic E-state index is -0.134.